The summed E-state index contributed by atoms with van der Waals surface area (Å²) in [6.45, 7) is 0. The Balaban J connectivity index is 2.17. The second-order valence-electron chi connectivity index (χ2n) is 4.42. The van der Waals surface area contributed by atoms with E-state index in [1.807, 2.05) is 36.4 Å². The van der Waals surface area contributed by atoms with Gasteiger partial charge in [0, 0.05) is 21.7 Å². The summed E-state index contributed by atoms with van der Waals surface area (Å²) < 4.78 is 6.24. The smallest absolute Gasteiger partial charge is 0.195 e. The van der Waals surface area contributed by atoms with E-state index in [4.69, 9.17) is 4.74 Å². The molecule has 0 amide bonds. The number of ether oxygens (including phenoxy) is 1. The molecule has 0 saturated heterocycles. The average molecular weight is 330 g/mol. The third-order valence-electron chi connectivity index (χ3n) is 3.22. The Morgan fingerprint density at radius 3 is 2.75 bits per heavy atom. The first kappa shape index (κ1) is 12.9. The van der Waals surface area contributed by atoms with E-state index in [0.717, 1.165) is 15.4 Å². The minimum Gasteiger partial charge on any atom is -0.496 e. The molecule has 3 rings (SSSR count). The number of aromatic amines is 1. The molecule has 0 saturated carbocycles. The first-order chi connectivity index (χ1) is 9.70. The second kappa shape index (κ2) is 5.13. The van der Waals surface area contributed by atoms with Crippen molar-refractivity contribution in [2.45, 2.75) is 0 Å². The number of nitrogens with one attached hydrogen (secondary N) is 1. The molecule has 0 aliphatic rings. The van der Waals surface area contributed by atoms with E-state index < -0.39 is 0 Å². The van der Waals surface area contributed by atoms with Gasteiger partial charge in [0.2, 0.25) is 0 Å². The quantitative estimate of drug-likeness (QED) is 0.733. The van der Waals surface area contributed by atoms with E-state index in [-0.39, 0.29) is 5.78 Å². The van der Waals surface area contributed by atoms with Crippen LogP contribution in [0.5, 0.6) is 5.75 Å². The maximum atomic E-state index is 12.6. The summed E-state index contributed by atoms with van der Waals surface area (Å²) in [5.74, 6) is 0.671. The third kappa shape index (κ3) is 2.12. The second-order valence-corrected chi connectivity index (χ2v) is 5.34. The third-order valence-corrected chi connectivity index (χ3v) is 3.71. The predicted octanol–water partition coefficient (Wildman–Crippen LogP) is 4.17. The van der Waals surface area contributed by atoms with Crippen LogP contribution >= 0.6 is 15.9 Å². The number of H-pyrrole nitrogens is 1. The summed E-state index contributed by atoms with van der Waals surface area (Å²) in [4.78, 5) is 15.8. The fraction of sp³-hybridized carbons (Fsp3) is 0.0625. The topological polar surface area (TPSA) is 42.1 Å². The standard InChI is InChI=1S/C16H12BrNO2/c1-20-14-7-3-6-13-15(14)12(9-18-13)16(19)10-4-2-5-11(17)8-10/h2-9,18H,1H3. The molecule has 0 atom stereocenters. The number of carbonyl (C=O) groups is 1. The minimum absolute atomic E-state index is 0.0259. The zero-order valence-electron chi connectivity index (χ0n) is 10.8. The number of methoxy groups -OCH3 is 1. The van der Waals surface area contributed by atoms with Gasteiger partial charge in [-0.2, -0.15) is 0 Å². The highest BCUT2D eigenvalue weighted by Crippen LogP contribution is 2.30. The van der Waals surface area contributed by atoms with E-state index in [1.54, 1.807) is 19.4 Å². The summed E-state index contributed by atoms with van der Waals surface area (Å²) in [6, 6.07) is 13.0. The lowest BCUT2D eigenvalue weighted by molar-refractivity contribution is 0.104. The van der Waals surface area contributed by atoms with Crippen molar-refractivity contribution in [3.8, 4) is 5.75 Å². The molecule has 0 spiro atoms. The summed E-state index contributed by atoms with van der Waals surface area (Å²) in [7, 11) is 1.61. The predicted molar refractivity (Wildman–Crippen MR) is 82.4 cm³/mol. The number of aromatic nitrogens is 1. The van der Waals surface area contributed by atoms with Crippen LogP contribution in [0.3, 0.4) is 0 Å². The van der Waals surface area contributed by atoms with Crippen LogP contribution in [0.1, 0.15) is 15.9 Å². The van der Waals surface area contributed by atoms with E-state index in [1.165, 1.54) is 0 Å². The molecule has 0 fully saturated rings. The average Bonchev–Trinajstić information content (AvgIpc) is 2.90. The van der Waals surface area contributed by atoms with Gasteiger partial charge in [-0.1, -0.05) is 34.1 Å². The molecule has 2 aromatic carbocycles. The highest BCUT2D eigenvalue weighted by atomic mass is 79.9. The summed E-state index contributed by atoms with van der Waals surface area (Å²) in [5, 5.41) is 0.819. The van der Waals surface area contributed by atoms with Crippen LogP contribution in [0, 0.1) is 0 Å². The molecule has 3 aromatic rings. The zero-order chi connectivity index (χ0) is 14.1. The molecular weight excluding hydrogens is 318 g/mol. The van der Waals surface area contributed by atoms with Crippen LogP contribution in [-0.4, -0.2) is 17.9 Å². The van der Waals surface area contributed by atoms with E-state index in [2.05, 4.69) is 20.9 Å². The molecular formula is C16H12BrNO2. The van der Waals surface area contributed by atoms with Gasteiger partial charge in [-0.15, -0.1) is 0 Å². The highest BCUT2D eigenvalue weighted by Gasteiger charge is 2.17. The van der Waals surface area contributed by atoms with Gasteiger partial charge >= 0.3 is 0 Å². The molecule has 20 heavy (non-hydrogen) atoms. The maximum Gasteiger partial charge on any atom is 0.195 e. The van der Waals surface area contributed by atoms with Crippen LogP contribution in [0.15, 0.2) is 53.1 Å². The Morgan fingerprint density at radius 1 is 1.20 bits per heavy atom. The number of fused-ring (bicyclic) bond motifs is 1. The molecule has 0 radical (unpaired) electrons. The van der Waals surface area contributed by atoms with E-state index >= 15 is 0 Å². The van der Waals surface area contributed by atoms with Crippen molar-refractivity contribution >= 4 is 32.6 Å². The van der Waals surface area contributed by atoms with Crippen molar-refractivity contribution in [1.82, 2.24) is 4.98 Å². The highest BCUT2D eigenvalue weighted by molar-refractivity contribution is 9.10. The molecule has 1 heterocycles. The van der Waals surface area contributed by atoms with Crippen LogP contribution < -0.4 is 4.74 Å². The Kier molecular flexibility index (Phi) is 3.32. The SMILES string of the molecule is COc1cccc2[nH]cc(C(=O)c3cccc(Br)c3)c12. The summed E-state index contributed by atoms with van der Waals surface area (Å²) >= 11 is 3.39. The fourth-order valence-electron chi connectivity index (χ4n) is 2.29. The lowest BCUT2D eigenvalue weighted by Gasteiger charge is -2.05. The van der Waals surface area contributed by atoms with E-state index in [9.17, 15) is 4.79 Å². The molecule has 0 aliphatic carbocycles. The van der Waals surface area contributed by atoms with Crippen molar-refractivity contribution in [2.24, 2.45) is 0 Å². The normalized spacial score (nSPS) is 10.7. The Bertz CT molecular complexity index is 792. The van der Waals surface area contributed by atoms with Gasteiger partial charge in [-0.25, -0.2) is 0 Å². The zero-order valence-corrected chi connectivity index (χ0v) is 12.4. The molecule has 1 aromatic heterocycles. The number of ketones is 1. The Hall–Kier alpha value is -2.07. The van der Waals surface area contributed by atoms with Crippen molar-refractivity contribution < 1.29 is 9.53 Å². The molecule has 4 heteroatoms. The van der Waals surface area contributed by atoms with Gasteiger partial charge < -0.3 is 9.72 Å². The maximum absolute atomic E-state index is 12.6. The first-order valence-electron chi connectivity index (χ1n) is 6.15. The lowest BCUT2D eigenvalue weighted by atomic mass is 10.0. The van der Waals surface area contributed by atoms with Crippen LogP contribution in [-0.2, 0) is 0 Å². The summed E-state index contributed by atoms with van der Waals surface area (Å²) in [6.07, 6.45) is 1.73. The van der Waals surface area contributed by atoms with Crippen molar-refractivity contribution in [3.05, 3.63) is 64.3 Å². The number of hydrogen-bond acceptors (Lipinski definition) is 2. The molecule has 0 unspecified atom stereocenters. The van der Waals surface area contributed by atoms with E-state index in [0.29, 0.717) is 16.9 Å². The summed E-state index contributed by atoms with van der Waals surface area (Å²) in [5.41, 5.74) is 2.16. The number of benzene rings is 2. The Labute approximate surface area is 124 Å². The lowest BCUT2D eigenvalue weighted by Crippen LogP contribution is -2.00. The minimum atomic E-state index is -0.0259. The molecule has 3 nitrogen and oxygen atoms in total. The van der Waals surface area contributed by atoms with Gasteiger partial charge in [-0.3, -0.25) is 4.79 Å². The first-order valence-corrected chi connectivity index (χ1v) is 6.94. The molecule has 0 bridgehead atoms. The monoisotopic (exact) mass is 329 g/mol. The van der Waals surface area contributed by atoms with Crippen molar-refractivity contribution in [1.29, 1.82) is 0 Å². The number of halogens is 1. The van der Waals surface area contributed by atoms with Gasteiger partial charge in [0.05, 0.1) is 18.1 Å². The van der Waals surface area contributed by atoms with Gasteiger partial charge in [0.15, 0.2) is 5.78 Å². The van der Waals surface area contributed by atoms with Crippen LogP contribution in [0.4, 0.5) is 0 Å². The number of carbonyl (C=O) groups excluding carboxylic acids is 1. The Morgan fingerprint density at radius 2 is 2.00 bits per heavy atom. The fourth-order valence-corrected chi connectivity index (χ4v) is 2.68. The molecule has 100 valence electrons. The van der Waals surface area contributed by atoms with Crippen LogP contribution in [0.2, 0.25) is 0 Å². The largest absolute Gasteiger partial charge is 0.496 e. The van der Waals surface area contributed by atoms with Gasteiger partial charge in [0.1, 0.15) is 5.75 Å². The van der Waals surface area contributed by atoms with Crippen molar-refractivity contribution in [2.75, 3.05) is 7.11 Å². The molecule has 1 N–H and O–H groups in total. The van der Waals surface area contributed by atoms with Crippen LogP contribution in [0.25, 0.3) is 10.9 Å². The molecule has 0 aliphatic heterocycles. The number of hydrogen-bond donors (Lipinski definition) is 1. The van der Waals surface area contributed by atoms with Crippen molar-refractivity contribution in [3.63, 3.8) is 0 Å². The number of rotatable bonds is 3. The van der Waals surface area contributed by atoms with Gasteiger partial charge in [0.25, 0.3) is 0 Å². The van der Waals surface area contributed by atoms with Gasteiger partial charge in [-0.05, 0) is 24.3 Å².